The maximum absolute atomic E-state index is 12.4. The molecule has 5 atom stereocenters. The van der Waals surface area contributed by atoms with Crippen molar-refractivity contribution >= 4 is 57.3 Å². The number of carbonyl (C=O) groups excluding carboxylic acids is 4. The van der Waals surface area contributed by atoms with Gasteiger partial charge in [0, 0.05) is 50.1 Å². The van der Waals surface area contributed by atoms with E-state index in [2.05, 4.69) is 161 Å². The summed E-state index contributed by atoms with van der Waals surface area (Å²) in [5.41, 5.74) is 9.26. The molecule has 1 aliphatic rings. The normalized spacial score (nSPS) is 14.7. The van der Waals surface area contributed by atoms with Gasteiger partial charge in [-0.1, -0.05) is 191 Å². The molecule has 1 aliphatic carbocycles. The molecule has 0 amide bonds. The van der Waals surface area contributed by atoms with E-state index in [4.69, 9.17) is 14.7 Å². The predicted octanol–water partition coefficient (Wildman–Crippen LogP) is 19.5. The Bertz CT molecular complexity index is 2090. The van der Waals surface area contributed by atoms with Crippen LogP contribution in [0, 0.1) is 42.4 Å². The summed E-state index contributed by atoms with van der Waals surface area (Å²) in [4.78, 5) is 54.6. The number of fused-ring (bicyclic) bond motifs is 1. The van der Waals surface area contributed by atoms with Gasteiger partial charge in [-0.2, -0.15) is 0 Å². The molecule has 9 nitrogen and oxygen atoms in total. The van der Waals surface area contributed by atoms with E-state index in [9.17, 15) is 19.2 Å². The Labute approximate surface area is 480 Å². The molecule has 1 saturated carbocycles. The van der Waals surface area contributed by atoms with Gasteiger partial charge in [-0.25, -0.2) is 0 Å². The number of hydrogen-bond donors (Lipinski definition) is 1. The Morgan fingerprint density at radius 1 is 0.821 bits per heavy atom. The van der Waals surface area contributed by atoms with Crippen LogP contribution in [0.25, 0.3) is 27.5 Å². The summed E-state index contributed by atoms with van der Waals surface area (Å²) in [5, 5.41) is 5.37. The van der Waals surface area contributed by atoms with E-state index in [0.717, 1.165) is 55.5 Å². The van der Waals surface area contributed by atoms with Crippen LogP contribution < -0.4 is 5.32 Å². The van der Waals surface area contributed by atoms with Crippen LogP contribution >= 0.6 is 0 Å². The zero-order valence-electron chi connectivity index (χ0n) is 54.8. The minimum atomic E-state index is -0.274. The summed E-state index contributed by atoms with van der Waals surface area (Å²) >= 11 is 0. The number of aldehydes is 1. The second-order valence-corrected chi connectivity index (χ2v) is 20.3. The molecule has 0 aromatic heterocycles. The number of benzene rings is 3. The monoisotopic (exact) mass is 1090 g/mol. The number of carbonyl (C=O) groups is 4. The highest BCUT2D eigenvalue weighted by atomic mass is 16.5. The van der Waals surface area contributed by atoms with E-state index >= 15 is 0 Å². The fourth-order valence-corrected chi connectivity index (χ4v) is 7.18. The van der Waals surface area contributed by atoms with Crippen LogP contribution in [0.4, 0.5) is 5.69 Å². The lowest BCUT2D eigenvalue weighted by Crippen LogP contribution is -2.31. The standard InChI is InChI=1S/C40H50N2O3.C6H13NO.C6H12O.C4H10.2C3H8.C3H6.C2H6O.C2H6/c1-9-27(5)42-38-21-18-33-23-32(17-19-34(33)28(38)6)30-13-15-31(16-14-30)37(25(2)3)24-41-29(7)26(4)11-10-12-35-36(40(44)45-8)20-22-39(35)43;1-4-6(7-3)5(2)8;1-5(2)6(3)4-7;1-3-4-2;4*1-3-2;1-2/h13-19,21,23-26,35-36H,9-12,20,22H2,1-8H3;6-7H,4H2,1-3H3;4-6H,1-3H3;3-4H2,1-2H3;2*3H2,1-2H3;3H,1H2,2H3;1-2H3;1-2H3/b37-24+,41-29?,42-27?;;;;;;;;. The highest BCUT2D eigenvalue weighted by Crippen LogP contribution is 2.35. The van der Waals surface area contributed by atoms with Crippen molar-refractivity contribution in [1.82, 2.24) is 5.32 Å². The lowest BCUT2D eigenvalue weighted by atomic mass is 9.88. The van der Waals surface area contributed by atoms with E-state index < -0.39 is 0 Å². The summed E-state index contributed by atoms with van der Waals surface area (Å²) in [7, 11) is 6.46. The van der Waals surface area contributed by atoms with E-state index in [-0.39, 0.29) is 41.3 Å². The second kappa shape index (κ2) is 52.8. The molecular formula is C69H119N3O6. The number of hydrogen-bond acceptors (Lipinski definition) is 9. The van der Waals surface area contributed by atoms with Gasteiger partial charge >= 0.3 is 5.97 Å². The van der Waals surface area contributed by atoms with Crippen LogP contribution in [-0.4, -0.2) is 69.7 Å². The summed E-state index contributed by atoms with van der Waals surface area (Å²) in [6.07, 6.45) is 15.4. The summed E-state index contributed by atoms with van der Waals surface area (Å²) in [6.45, 7) is 46.8. The van der Waals surface area contributed by atoms with Gasteiger partial charge < -0.3 is 19.6 Å². The lowest BCUT2D eigenvalue weighted by molar-refractivity contribution is -0.148. The van der Waals surface area contributed by atoms with Crippen LogP contribution in [0.1, 0.15) is 220 Å². The maximum Gasteiger partial charge on any atom is 0.309 e. The molecule has 0 saturated heterocycles. The molecule has 0 radical (unpaired) electrons. The van der Waals surface area contributed by atoms with Crippen LogP contribution in [-0.2, 0) is 28.7 Å². The first-order valence-electron chi connectivity index (χ1n) is 29.6. The number of methoxy groups -OCH3 is 2. The minimum Gasteiger partial charge on any atom is -0.469 e. The molecular weight excluding hydrogens is 967 g/mol. The van der Waals surface area contributed by atoms with Crippen molar-refractivity contribution in [1.29, 1.82) is 0 Å². The zero-order chi connectivity index (χ0) is 61.3. The summed E-state index contributed by atoms with van der Waals surface area (Å²) in [6, 6.07) is 19.9. The molecule has 446 valence electrons. The molecule has 78 heavy (non-hydrogen) atoms. The Balaban J connectivity index is -0.000000438. The molecule has 9 heteroatoms. The van der Waals surface area contributed by atoms with Crippen molar-refractivity contribution in [3.05, 3.63) is 84.6 Å². The average Bonchev–Trinajstić information content (AvgIpc) is 3.80. The number of aryl methyl sites for hydroxylation is 1. The number of likely N-dealkylation sites (N-methyl/N-ethyl adjacent to an activating group) is 1. The number of allylic oxidation sites excluding steroid dienone is 2. The van der Waals surface area contributed by atoms with Crippen LogP contribution in [0.15, 0.2) is 83.4 Å². The number of nitrogens with one attached hydrogen (secondary N) is 1. The Morgan fingerprint density at radius 2 is 1.33 bits per heavy atom. The third kappa shape index (κ3) is 36.3. The smallest absolute Gasteiger partial charge is 0.309 e. The topological polar surface area (TPSA) is 123 Å². The average molecular weight is 1090 g/mol. The highest BCUT2D eigenvalue weighted by molar-refractivity contribution is 5.94. The van der Waals surface area contributed by atoms with E-state index in [0.29, 0.717) is 30.6 Å². The summed E-state index contributed by atoms with van der Waals surface area (Å²) < 4.78 is 9.18. The Hall–Kier alpha value is -4.86. The molecule has 4 rings (SSSR count). The molecule has 0 bridgehead atoms. The quantitative estimate of drug-likeness (QED) is 0.0582. The largest absolute Gasteiger partial charge is 0.469 e. The van der Waals surface area contributed by atoms with Crippen molar-refractivity contribution in [2.24, 2.45) is 45.5 Å². The number of rotatable bonds is 18. The number of nitrogens with zero attached hydrogens (tertiary/aromatic N) is 2. The van der Waals surface area contributed by atoms with Crippen LogP contribution in [0.5, 0.6) is 0 Å². The molecule has 1 fully saturated rings. The number of aliphatic imine (C=N–C) groups is 2. The Kier molecular flexibility index (Phi) is 55.5. The third-order valence-electron chi connectivity index (χ3n) is 12.6. The van der Waals surface area contributed by atoms with Gasteiger partial charge in [-0.05, 0) is 142 Å². The van der Waals surface area contributed by atoms with Crippen molar-refractivity contribution in [2.45, 2.75) is 222 Å². The maximum atomic E-state index is 12.4. The molecule has 0 aliphatic heterocycles. The highest BCUT2D eigenvalue weighted by Gasteiger charge is 2.39. The number of ether oxygens (including phenoxy) is 2. The molecule has 3 aromatic carbocycles. The van der Waals surface area contributed by atoms with Crippen molar-refractivity contribution in [3.8, 4) is 11.1 Å². The van der Waals surface area contributed by atoms with Crippen molar-refractivity contribution < 1.29 is 28.7 Å². The number of ketones is 2. The minimum absolute atomic E-state index is 0.0648. The fraction of sp³-hybridized carbons (Fsp3) is 0.623. The number of esters is 1. The van der Waals surface area contributed by atoms with Gasteiger partial charge in [0.1, 0.15) is 17.9 Å². The van der Waals surface area contributed by atoms with Gasteiger partial charge in [-0.3, -0.25) is 24.4 Å². The fourth-order valence-electron chi connectivity index (χ4n) is 7.18. The first-order chi connectivity index (χ1) is 37.0. The van der Waals surface area contributed by atoms with E-state index in [1.165, 1.54) is 71.4 Å². The summed E-state index contributed by atoms with van der Waals surface area (Å²) in [5.74, 6) is 1.04. The van der Waals surface area contributed by atoms with Gasteiger partial charge in [-0.15, -0.1) is 6.58 Å². The van der Waals surface area contributed by atoms with Crippen molar-refractivity contribution in [3.63, 3.8) is 0 Å². The van der Waals surface area contributed by atoms with Gasteiger partial charge in [0.2, 0.25) is 0 Å². The Morgan fingerprint density at radius 3 is 1.72 bits per heavy atom. The SMILES string of the molecule is C=CC.CC.CC(C)C(C)C=O.CCC.CCC.CCC(C)=Nc1ccc2cc(-c3ccc(/C(=C/N=C(C)C(C)CCCC4C(=O)CCC4C(=O)OC)C(C)C)cc3)ccc2c1C.CCC(NC)C(C)=O.CCCC.COC. The van der Waals surface area contributed by atoms with Crippen molar-refractivity contribution in [2.75, 3.05) is 28.4 Å². The predicted molar refractivity (Wildman–Crippen MR) is 346 cm³/mol. The molecule has 1 N–H and O–H groups in total. The molecule has 3 aromatic rings. The first kappa shape index (κ1) is 82.0. The molecule has 0 spiro atoms. The molecule has 5 unspecified atom stereocenters. The second-order valence-electron chi connectivity index (χ2n) is 20.3. The lowest BCUT2D eigenvalue weighted by Gasteiger charge is -2.17. The first-order valence-corrected chi connectivity index (χ1v) is 29.6. The van der Waals surface area contributed by atoms with E-state index in [1.54, 1.807) is 34.3 Å². The van der Waals surface area contributed by atoms with Gasteiger partial charge in [0.05, 0.1) is 24.8 Å². The zero-order valence-corrected chi connectivity index (χ0v) is 54.8. The van der Waals surface area contributed by atoms with Crippen LogP contribution in [0.2, 0.25) is 0 Å². The van der Waals surface area contributed by atoms with Crippen LogP contribution in [0.3, 0.4) is 0 Å². The molecule has 0 heterocycles. The van der Waals surface area contributed by atoms with E-state index in [1.807, 2.05) is 54.7 Å². The third-order valence-corrected chi connectivity index (χ3v) is 12.6. The number of Topliss-reactive ketones (excluding diaryl/α,β-unsaturated/α-hetero) is 2. The van der Waals surface area contributed by atoms with Gasteiger partial charge in [0.25, 0.3) is 0 Å². The number of unbranched alkanes of at least 4 members (excludes halogenated alkanes) is 1. The van der Waals surface area contributed by atoms with Gasteiger partial charge in [0.15, 0.2) is 0 Å².